The van der Waals surface area contributed by atoms with E-state index in [2.05, 4.69) is 49.5 Å². The summed E-state index contributed by atoms with van der Waals surface area (Å²) >= 11 is 1.20. The van der Waals surface area contributed by atoms with Crippen LogP contribution in [0.25, 0.3) is 0 Å². The summed E-state index contributed by atoms with van der Waals surface area (Å²) in [6.45, 7) is 24.8. The predicted molar refractivity (Wildman–Crippen MR) is 239 cm³/mol. The molecule has 1 aliphatic heterocycles. The average Bonchev–Trinajstić information content (AvgIpc) is 3.66. The number of amides is 3. The number of piperidine rings is 1. The van der Waals surface area contributed by atoms with Crippen LogP contribution in [-0.4, -0.2) is 110 Å². The Balaban J connectivity index is 1.79. The van der Waals surface area contributed by atoms with E-state index in [1.54, 1.807) is 31.2 Å². The van der Waals surface area contributed by atoms with Crippen LogP contribution in [0.1, 0.15) is 122 Å². The summed E-state index contributed by atoms with van der Waals surface area (Å²) in [6.07, 6.45) is 1.60. The zero-order valence-electron chi connectivity index (χ0n) is 38.6. The van der Waals surface area contributed by atoms with Gasteiger partial charge in [0.1, 0.15) is 16.7 Å². The number of carbonyl (C=O) groups is 5. The minimum Gasteiger partial charge on any atom is -0.466 e. The van der Waals surface area contributed by atoms with E-state index < -0.39 is 50.3 Å². The summed E-state index contributed by atoms with van der Waals surface area (Å²) in [5.41, 5.74) is 1.17. The van der Waals surface area contributed by atoms with Crippen LogP contribution >= 0.6 is 11.3 Å². The molecule has 1 aromatic heterocycles. The van der Waals surface area contributed by atoms with E-state index in [0.29, 0.717) is 30.8 Å². The molecule has 1 fully saturated rings. The highest BCUT2D eigenvalue weighted by molar-refractivity contribution is 7.09. The topological polar surface area (TPSA) is 156 Å². The van der Waals surface area contributed by atoms with Gasteiger partial charge in [0.15, 0.2) is 14.4 Å². The number of hydrogen-bond donors (Lipinski definition) is 2. The van der Waals surface area contributed by atoms with Gasteiger partial charge in [-0.1, -0.05) is 85.7 Å². The van der Waals surface area contributed by atoms with Crippen molar-refractivity contribution in [3.8, 4) is 0 Å². The van der Waals surface area contributed by atoms with Crippen molar-refractivity contribution in [1.29, 1.82) is 0 Å². The molecule has 0 bridgehead atoms. The molecule has 0 aliphatic carbocycles. The third-order valence-corrected chi connectivity index (χ3v) is 17.5. The Labute approximate surface area is 364 Å². The number of nitrogens with one attached hydrogen (secondary N) is 2. The third kappa shape index (κ3) is 14.5. The Bertz CT molecular complexity index is 1730. The number of ether oxygens (including phenoxy) is 2. The zero-order chi connectivity index (χ0) is 45.1. The Hall–Kier alpha value is -3.66. The first-order valence-corrected chi connectivity index (χ1v) is 25.3. The monoisotopic (exact) mass is 871 g/mol. The molecule has 60 heavy (non-hydrogen) atoms. The lowest BCUT2D eigenvalue weighted by Gasteiger charge is -2.43. The molecule has 2 aromatic rings. The second-order valence-electron chi connectivity index (χ2n) is 18.7. The van der Waals surface area contributed by atoms with E-state index in [9.17, 15) is 24.0 Å². The smallest absolute Gasteiger partial charge is 0.308 e. The Morgan fingerprint density at radius 1 is 1.00 bits per heavy atom. The summed E-state index contributed by atoms with van der Waals surface area (Å²) in [5.74, 6) is -2.42. The van der Waals surface area contributed by atoms with Gasteiger partial charge in [-0.3, -0.25) is 28.9 Å². The highest BCUT2D eigenvalue weighted by Crippen LogP contribution is 2.39. The van der Waals surface area contributed by atoms with Crippen molar-refractivity contribution in [2.75, 3.05) is 27.2 Å². The molecule has 336 valence electrons. The first-order chi connectivity index (χ1) is 27.9. The van der Waals surface area contributed by atoms with E-state index in [0.717, 1.165) is 12.0 Å². The number of hydrogen-bond acceptors (Lipinski definition) is 11. The quantitative estimate of drug-likeness (QED) is 0.103. The second kappa shape index (κ2) is 22.4. The molecular weight excluding hydrogens is 799 g/mol. The molecule has 13 nitrogen and oxygen atoms in total. The Kier molecular flexibility index (Phi) is 19.0. The molecule has 15 heteroatoms. The van der Waals surface area contributed by atoms with Crippen molar-refractivity contribution in [3.63, 3.8) is 0 Å². The van der Waals surface area contributed by atoms with E-state index in [-0.39, 0.29) is 65.5 Å². The molecule has 3 rings (SSSR count). The highest BCUT2D eigenvalue weighted by atomic mass is 32.1. The van der Waals surface area contributed by atoms with Gasteiger partial charge in [-0.25, -0.2) is 4.98 Å². The molecule has 0 spiro atoms. The number of likely N-dealkylation sites (N-methyl/N-ethyl adjacent to an activating group) is 2. The van der Waals surface area contributed by atoms with Crippen molar-refractivity contribution in [2.24, 2.45) is 17.8 Å². The zero-order valence-corrected chi connectivity index (χ0v) is 40.4. The fourth-order valence-electron chi connectivity index (χ4n) is 7.40. The van der Waals surface area contributed by atoms with Crippen molar-refractivity contribution < 1.29 is 37.9 Å². The average molecular weight is 872 g/mol. The fraction of sp³-hybridized carbons (Fsp3) is 0.689. The maximum Gasteiger partial charge on any atom is 0.308 e. The molecule has 1 saturated heterocycles. The number of esters is 2. The van der Waals surface area contributed by atoms with Gasteiger partial charge in [-0.15, -0.1) is 11.3 Å². The fourth-order valence-corrected chi connectivity index (χ4v) is 9.64. The van der Waals surface area contributed by atoms with E-state index in [4.69, 9.17) is 13.9 Å². The lowest BCUT2D eigenvalue weighted by atomic mass is 9.93. The van der Waals surface area contributed by atoms with E-state index in [1.807, 2.05) is 70.0 Å². The first-order valence-electron chi connectivity index (χ1n) is 21.5. The minimum atomic E-state index is -2.05. The van der Waals surface area contributed by atoms with Gasteiger partial charge in [0.2, 0.25) is 11.8 Å². The van der Waals surface area contributed by atoms with Crippen LogP contribution in [0.3, 0.4) is 0 Å². The summed E-state index contributed by atoms with van der Waals surface area (Å²) in [6, 6.07) is 7.69. The molecule has 3 amide bonds. The van der Waals surface area contributed by atoms with Crippen LogP contribution in [0, 0.1) is 17.8 Å². The maximum absolute atomic E-state index is 14.4. The van der Waals surface area contributed by atoms with Gasteiger partial charge in [0.05, 0.1) is 18.6 Å². The number of carbonyl (C=O) groups excluding carboxylic acids is 5. The van der Waals surface area contributed by atoms with E-state index in [1.165, 1.54) is 18.3 Å². The number of aromatic nitrogens is 1. The molecule has 7 atom stereocenters. The molecule has 0 saturated carbocycles. The lowest BCUT2D eigenvalue weighted by molar-refractivity contribution is -0.149. The van der Waals surface area contributed by atoms with E-state index >= 15 is 0 Å². The number of benzene rings is 1. The number of thiazole rings is 1. The minimum absolute atomic E-state index is 0.0366. The standard InChI is InChI=1S/C45H73N5O8SSi/c1-15-56-44(55)30(6)23-33(24-32-19-17-16-18-20-32)46-40(52)35-27-59-42(47-35)38(57-31(7)51)26-36(28(2)3)50(12)43(54)39(29(4)5)48-41(53)37-25-34(21-22-49(37)11)58-60(13,14)45(8,9)10/h16-20,27-30,33-34,36-39H,15,21-26H2,1-14H3,(H,46,52)(H,48,53)/t30-,33+,34?,36+,37+,38+,39-/m0/s1. The number of likely N-dealkylation sites (tertiary alicyclic amines) is 1. The third-order valence-electron chi connectivity index (χ3n) is 12.0. The van der Waals surface area contributed by atoms with Crippen molar-refractivity contribution >= 4 is 49.3 Å². The highest BCUT2D eigenvalue weighted by Gasteiger charge is 2.43. The van der Waals surface area contributed by atoms with Crippen LogP contribution < -0.4 is 10.6 Å². The molecule has 0 radical (unpaired) electrons. The molecule has 2 N–H and O–H groups in total. The van der Waals surface area contributed by atoms with Gasteiger partial charge in [-0.2, -0.15) is 0 Å². The first kappa shape index (κ1) is 50.7. The molecule has 1 unspecified atom stereocenters. The summed E-state index contributed by atoms with van der Waals surface area (Å²) < 4.78 is 17.8. The van der Waals surface area contributed by atoms with Gasteiger partial charge in [0, 0.05) is 50.5 Å². The van der Waals surface area contributed by atoms with Gasteiger partial charge in [-0.05, 0) is 75.2 Å². The Morgan fingerprint density at radius 3 is 2.22 bits per heavy atom. The van der Waals surface area contributed by atoms with Crippen LogP contribution in [0.15, 0.2) is 35.7 Å². The summed E-state index contributed by atoms with van der Waals surface area (Å²) in [5, 5.41) is 8.28. The SMILES string of the molecule is CCOC(=O)[C@@H](C)C[C@H](Cc1ccccc1)NC(=O)c1csc([C@@H](C[C@H](C(C)C)N(C)C(=O)[C@@H](NC(=O)[C@H]2CC(O[Si](C)(C)C(C)(C)C)CCN2C)C(C)C)OC(C)=O)n1. The van der Waals surface area contributed by atoms with Gasteiger partial charge < -0.3 is 29.4 Å². The van der Waals surface area contributed by atoms with Crippen molar-refractivity contribution in [1.82, 2.24) is 25.4 Å². The van der Waals surface area contributed by atoms with Crippen LogP contribution in [0.2, 0.25) is 18.1 Å². The molecule has 1 aliphatic rings. The van der Waals surface area contributed by atoms with Crippen molar-refractivity contribution in [2.45, 2.75) is 156 Å². The van der Waals surface area contributed by atoms with Crippen molar-refractivity contribution in [3.05, 3.63) is 52.0 Å². The summed E-state index contributed by atoms with van der Waals surface area (Å²) in [4.78, 5) is 75.4. The van der Waals surface area contributed by atoms with Gasteiger partial charge >= 0.3 is 11.9 Å². The maximum atomic E-state index is 14.4. The number of nitrogens with zero attached hydrogens (tertiary/aromatic N) is 3. The normalized spacial score (nSPS) is 18.9. The Morgan fingerprint density at radius 2 is 1.65 bits per heavy atom. The van der Waals surface area contributed by atoms with Crippen LogP contribution in [-0.2, 0) is 39.5 Å². The molecule has 2 heterocycles. The molecular formula is C45H73N5O8SSi. The number of rotatable bonds is 20. The van der Waals surface area contributed by atoms with Crippen LogP contribution in [0.5, 0.6) is 0 Å². The largest absolute Gasteiger partial charge is 0.466 e. The summed E-state index contributed by atoms with van der Waals surface area (Å²) in [7, 11) is 1.62. The van der Waals surface area contributed by atoms with Gasteiger partial charge in [0.25, 0.3) is 5.91 Å². The lowest BCUT2D eigenvalue weighted by Crippen LogP contribution is -2.59. The molecule has 1 aromatic carbocycles. The second-order valence-corrected chi connectivity index (χ2v) is 24.3. The van der Waals surface area contributed by atoms with Crippen LogP contribution in [0.4, 0.5) is 0 Å². The predicted octanol–water partition coefficient (Wildman–Crippen LogP) is 7.18.